The molecule has 0 aliphatic heterocycles. The van der Waals surface area contributed by atoms with Crippen molar-refractivity contribution in [1.29, 1.82) is 0 Å². The summed E-state index contributed by atoms with van der Waals surface area (Å²) >= 11 is 0. The van der Waals surface area contributed by atoms with E-state index in [9.17, 15) is 9.59 Å². The third-order valence-electron chi connectivity index (χ3n) is 2.97. The fourth-order valence-corrected chi connectivity index (χ4v) is 1.72. The highest BCUT2D eigenvalue weighted by Gasteiger charge is 2.31. The standard InChI is InChI=1S/C16H28O4/c1-5-8-9-10-14(16(18)20-12-7-3)13(4)15(17)19-11-6-2/h8-9,13-14H,5-7,10-12H2,1-4H3. The molecule has 0 aliphatic rings. The van der Waals surface area contributed by atoms with Crippen molar-refractivity contribution in [3.8, 4) is 0 Å². The van der Waals surface area contributed by atoms with Gasteiger partial charge in [-0.3, -0.25) is 9.59 Å². The molecule has 0 bridgehead atoms. The molecule has 0 aromatic heterocycles. The van der Waals surface area contributed by atoms with Crippen LogP contribution >= 0.6 is 0 Å². The summed E-state index contributed by atoms with van der Waals surface area (Å²) in [7, 11) is 0. The largest absolute Gasteiger partial charge is 0.465 e. The van der Waals surface area contributed by atoms with Gasteiger partial charge in [-0.15, -0.1) is 0 Å². The molecule has 0 spiro atoms. The Balaban J connectivity index is 4.67. The quantitative estimate of drug-likeness (QED) is 0.455. The minimum absolute atomic E-state index is 0.312. The Bertz CT molecular complexity index is 310. The second-order valence-electron chi connectivity index (χ2n) is 4.85. The Morgan fingerprint density at radius 2 is 1.50 bits per heavy atom. The first-order valence-electron chi connectivity index (χ1n) is 7.56. The molecule has 0 saturated heterocycles. The van der Waals surface area contributed by atoms with E-state index in [0.29, 0.717) is 19.6 Å². The molecular formula is C16H28O4. The number of allylic oxidation sites excluding steroid dienone is 2. The number of hydrogen-bond acceptors (Lipinski definition) is 4. The van der Waals surface area contributed by atoms with Crippen LogP contribution < -0.4 is 0 Å². The van der Waals surface area contributed by atoms with Gasteiger partial charge in [0.1, 0.15) is 0 Å². The minimum atomic E-state index is -0.479. The molecule has 4 nitrogen and oxygen atoms in total. The van der Waals surface area contributed by atoms with E-state index in [-0.39, 0.29) is 11.9 Å². The molecule has 0 N–H and O–H groups in total. The summed E-state index contributed by atoms with van der Waals surface area (Å²) in [6.45, 7) is 8.43. The lowest BCUT2D eigenvalue weighted by atomic mass is 9.90. The van der Waals surface area contributed by atoms with Gasteiger partial charge in [0.05, 0.1) is 25.0 Å². The fraction of sp³-hybridized carbons (Fsp3) is 0.750. The van der Waals surface area contributed by atoms with E-state index in [1.54, 1.807) is 6.92 Å². The molecule has 0 amide bonds. The van der Waals surface area contributed by atoms with Crippen molar-refractivity contribution in [2.75, 3.05) is 13.2 Å². The third kappa shape index (κ3) is 7.31. The molecule has 0 aromatic rings. The maximum atomic E-state index is 12.1. The van der Waals surface area contributed by atoms with E-state index in [0.717, 1.165) is 19.3 Å². The van der Waals surface area contributed by atoms with Gasteiger partial charge in [-0.05, 0) is 25.7 Å². The molecule has 0 radical (unpaired) electrons. The highest BCUT2D eigenvalue weighted by atomic mass is 16.5. The topological polar surface area (TPSA) is 52.6 Å². The number of carbonyl (C=O) groups is 2. The lowest BCUT2D eigenvalue weighted by molar-refractivity contribution is -0.160. The maximum absolute atomic E-state index is 12.1. The lowest BCUT2D eigenvalue weighted by Crippen LogP contribution is -2.30. The molecule has 20 heavy (non-hydrogen) atoms. The normalized spacial score (nSPS) is 14.0. The highest BCUT2D eigenvalue weighted by Crippen LogP contribution is 2.20. The van der Waals surface area contributed by atoms with Crippen molar-refractivity contribution in [2.45, 2.75) is 53.4 Å². The summed E-state index contributed by atoms with van der Waals surface area (Å²) in [5.41, 5.74) is 0. The van der Waals surface area contributed by atoms with Crippen molar-refractivity contribution < 1.29 is 19.1 Å². The Labute approximate surface area is 122 Å². The van der Waals surface area contributed by atoms with Gasteiger partial charge in [0.2, 0.25) is 0 Å². The van der Waals surface area contributed by atoms with Crippen molar-refractivity contribution in [1.82, 2.24) is 0 Å². The van der Waals surface area contributed by atoms with Crippen LogP contribution in [0, 0.1) is 11.8 Å². The van der Waals surface area contributed by atoms with E-state index in [1.807, 2.05) is 32.9 Å². The highest BCUT2D eigenvalue weighted by molar-refractivity contribution is 5.82. The zero-order chi connectivity index (χ0) is 15.4. The van der Waals surface area contributed by atoms with Crippen molar-refractivity contribution in [2.24, 2.45) is 11.8 Å². The Morgan fingerprint density at radius 1 is 0.950 bits per heavy atom. The second kappa shape index (κ2) is 11.5. The maximum Gasteiger partial charge on any atom is 0.310 e. The van der Waals surface area contributed by atoms with Gasteiger partial charge in [-0.25, -0.2) is 0 Å². The summed E-state index contributed by atoms with van der Waals surface area (Å²) in [6.07, 6.45) is 6.90. The SMILES string of the molecule is CCC=CCC(C(=O)OCCC)C(C)C(=O)OCCC. The van der Waals surface area contributed by atoms with Crippen LogP contribution in [0.1, 0.15) is 53.4 Å². The monoisotopic (exact) mass is 284 g/mol. The summed E-state index contributed by atoms with van der Waals surface area (Å²) in [5, 5.41) is 0. The van der Waals surface area contributed by atoms with Crippen LogP contribution in [0.15, 0.2) is 12.2 Å². The molecule has 0 aliphatic carbocycles. The van der Waals surface area contributed by atoms with E-state index < -0.39 is 11.8 Å². The number of rotatable bonds is 10. The van der Waals surface area contributed by atoms with E-state index in [4.69, 9.17) is 9.47 Å². The van der Waals surface area contributed by atoms with Gasteiger partial charge >= 0.3 is 11.9 Å². The van der Waals surface area contributed by atoms with Crippen LogP contribution in [0.5, 0.6) is 0 Å². The lowest BCUT2D eigenvalue weighted by Gasteiger charge is -2.20. The minimum Gasteiger partial charge on any atom is -0.465 e. The molecule has 2 unspecified atom stereocenters. The van der Waals surface area contributed by atoms with Gasteiger partial charge in [-0.1, -0.05) is 39.8 Å². The first kappa shape index (κ1) is 18.7. The molecule has 116 valence electrons. The van der Waals surface area contributed by atoms with Crippen LogP contribution in [0.25, 0.3) is 0 Å². The van der Waals surface area contributed by atoms with Crippen molar-refractivity contribution >= 4 is 11.9 Å². The summed E-state index contributed by atoms with van der Waals surface area (Å²) in [4.78, 5) is 24.0. The molecule has 0 heterocycles. The van der Waals surface area contributed by atoms with Crippen molar-refractivity contribution in [3.05, 3.63) is 12.2 Å². The summed E-state index contributed by atoms with van der Waals surface area (Å²) in [5.74, 6) is -1.58. The predicted octanol–water partition coefficient (Wildman–Crippen LogP) is 3.50. The molecule has 2 atom stereocenters. The zero-order valence-corrected chi connectivity index (χ0v) is 13.2. The third-order valence-corrected chi connectivity index (χ3v) is 2.97. The molecule has 0 rings (SSSR count). The van der Waals surface area contributed by atoms with Crippen LogP contribution in [0.3, 0.4) is 0 Å². The average molecular weight is 284 g/mol. The van der Waals surface area contributed by atoms with Crippen LogP contribution in [-0.2, 0) is 19.1 Å². The second-order valence-corrected chi connectivity index (χ2v) is 4.85. The first-order chi connectivity index (χ1) is 9.58. The number of esters is 2. The molecule has 0 fully saturated rings. The molecule has 0 saturated carbocycles. The predicted molar refractivity (Wildman–Crippen MR) is 79.2 cm³/mol. The average Bonchev–Trinajstić information content (AvgIpc) is 2.46. The van der Waals surface area contributed by atoms with Gasteiger partial charge in [0.25, 0.3) is 0 Å². The van der Waals surface area contributed by atoms with Crippen LogP contribution in [-0.4, -0.2) is 25.2 Å². The molecule has 4 heteroatoms. The van der Waals surface area contributed by atoms with Crippen LogP contribution in [0.4, 0.5) is 0 Å². The van der Waals surface area contributed by atoms with E-state index >= 15 is 0 Å². The number of carbonyl (C=O) groups excluding carboxylic acids is 2. The smallest absolute Gasteiger partial charge is 0.310 e. The first-order valence-corrected chi connectivity index (χ1v) is 7.56. The van der Waals surface area contributed by atoms with Gasteiger partial charge in [-0.2, -0.15) is 0 Å². The van der Waals surface area contributed by atoms with Gasteiger partial charge in [0, 0.05) is 0 Å². The van der Waals surface area contributed by atoms with E-state index in [2.05, 4.69) is 0 Å². The molecule has 0 aromatic carbocycles. The van der Waals surface area contributed by atoms with Crippen LogP contribution in [0.2, 0.25) is 0 Å². The number of hydrogen-bond donors (Lipinski definition) is 0. The number of ether oxygens (including phenoxy) is 2. The fourth-order valence-electron chi connectivity index (χ4n) is 1.72. The Kier molecular flexibility index (Phi) is 10.7. The van der Waals surface area contributed by atoms with E-state index in [1.165, 1.54) is 0 Å². The molecular weight excluding hydrogens is 256 g/mol. The Morgan fingerprint density at radius 3 is 2.00 bits per heavy atom. The zero-order valence-electron chi connectivity index (χ0n) is 13.2. The van der Waals surface area contributed by atoms with Crippen molar-refractivity contribution in [3.63, 3.8) is 0 Å². The van der Waals surface area contributed by atoms with Gasteiger partial charge < -0.3 is 9.47 Å². The summed E-state index contributed by atoms with van der Waals surface area (Å²) in [6, 6.07) is 0. The van der Waals surface area contributed by atoms with Gasteiger partial charge in [0.15, 0.2) is 0 Å². The summed E-state index contributed by atoms with van der Waals surface area (Å²) < 4.78 is 10.3. The Hall–Kier alpha value is -1.32.